The number of rotatable bonds is 8. The van der Waals surface area contributed by atoms with E-state index in [2.05, 4.69) is 37.2 Å². The van der Waals surface area contributed by atoms with Gasteiger partial charge in [0.15, 0.2) is 5.75 Å². The van der Waals surface area contributed by atoms with Gasteiger partial charge in [-0.15, -0.1) is 0 Å². The van der Waals surface area contributed by atoms with E-state index in [1.54, 1.807) is 43.5 Å². The normalized spacial score (nSPS) is 11.0. The Morgan fingerprint density at radius 3 is 2.18 bits per heavy atom. The number of halogens is 2. The first-order valence-corrected chi connectivity index (χ1v) is 11.4. The number of hydrogen-bond acceptors (Lipinski definition) is 5. The molecule has 0 aliphatic carbocycles. The van der Waals surface area contributed by atoms with Crippen LogP contribution < -0.4 is 14.8 Å². The summed E-state index contributed by atoms with van der Waals surface area (Å²) in [6, 6.07) is 20.0. The Labute approximate surface area is 208 Å². The van der Waals surface area contributed by atoms with Crippen LogP contribution in [0.2, 0.25) is 0 Å². The van der Waals surface area contributed by atoms with E-state index in [1.807, 2.05) is 30.3 Å². The van der Waals surface area contributed by atoms with Crippen molar-refractivity contribution in [3.05, 3.63) is 98.1 Å². The molecule has 0 radical (unpaired) electrons. The third-order valence-electron chi connectivity index (χ3n) is 4.58. The lowest BCUT2D eigenvalue weighted by molar-refractivity contribution is -0.136. The first-order valence-electron chi connectivity index (χ1n) is 9.83. The molecule has 1 amide bonds. The lowest BCUT2D eigenvalue weighted by Crippen LogP contribution is -2.28. The molecule has 8 heteroatoms. The fraction of sp³-hybridized carbons (Fsp3) is 0.120. The van der Waals surface area contributed by atoms with Crippen molar-refractivity contribution in [1.29, 1.82) is 0 Å². The molecule has 0 aliphatic rings. The van der Waals surface area contributed by atoms with E-state index in [0.717, 1.165) is 5.56 Å². The Balaban J connectivity index is 2.02. The van der Waals surface area contributed by atoms with Crippen molar-refractivity contribution in [1.82, 2.24) is 5.32 Å². The number of nitrogens with one attached hydrogen (secondary N) is 1. The Morgan fingerprint density at radius 1 is 0.939 bits per heavy atom. The second-order valence-corrected chi connectivity index (χ2v) is 8.42. The van der Waals surface area contributed by atoms with Crippen LogP contribution in [0.15, 0.2) is 81.4 Å². The quantitative estimate of drug-likeness (QED) is 0.274. The van der Waals surface area contributed by atoms with E-state index in [1.165, 1.54) is 13.2 Å². The van der Waals surface area contributed by atoms with Gasteiger partial charge in [0.25, 0.3) is 5.91 Å². The lowest BCUT2D eigenvalue weighted by atomic mass is 10.1. The van der Waals surface area contributed by atoms with Gasteiger partial charge in [-0.05, 0) is 61.7 Å². The van der Waals surface area contributed by atoms with Gasteiger partial charge in [-0.25, -0.2) is 4.79 Å². The Bertz CT molecular complexity index is 1160. The molecule has 0 unspecified atom stereocenters. The van der Waals surface area contributed by atoms with Crippen LogP contribution in [-0.2, 0) is 16.1 Å². The van der Waals surface area contributed by atoms with Gasteiger partial charge in [-0.2, -0.15) is 0 Å². The molecule has 0 spiro atoms. The number of methoxy groups -OCH3 is 2. The van der Waals surface area contributed by atoms with Crippen molar-refractivity contribution in [2.75, 3.05) is 14.2 Å². The van der Waals surface area contributed by atoms with Crippen molar-refractivity contribution in [2.45, 2.75) is 6.61 Å². The van der Waals surface area contributed by atoms with Crippen LogP contribution in [0.4, 0.5) is 0 Å². The van der Waals surface area contributed by atoms with Crippen LogP contribution in [0.3, 0.4) is 0 Å². The Kier molecular flexibility index (Phi) is 8.68. The summed E-state index contributed by atoms with van der Waals surface area (Å²) >= 11 is 7.01. The van der Waals surface area contributed by atoms with Crippen molar-refractivity contribution in [3.63, 3.8) is 0 Å². The summed E-state index contributed by atoms with van der Waals surface area (Å²) in [6.45, 7) is 0.287. The van der Waals surface area contributed by atoms with Crippen LogP contribution in [0, 0.1) is 0 Å². The maximum atomic E-state index is 12.7. The average Bonchev–Trinajstić information content (AvgIpc) is 2.84. The fourth-order valence-corrected chi connectivity index (χ4v) is 4.56. The fourth-order valence-electron chi connectivity index (χ4n) is 2.97. The molecule has 0 fully saturated rings. The van der Waals surface area contributed by atoms with Gasteiger partial charge >= 0.3 is 5.97 Å². The smallest absolute Gasteiger partial charge is 0.354 e. The molecule has 0 heterocycles. The summed E-state index contributed by atoms with van der Waals surface area (Å²) in [6.07, 6.45) is 1.50. The van der Waals surface area contributed by atoms with Crippen molar-refractivity contribution < 1.29 is 23.8 Å². The summed E-state index contributed by atoms with van der Waals surface area (Å²) in [7, 11) is 2.79. The molecule has 0 aromatic heterocycles. The topological polar surface area (TPSA) is 73.9 Å². The number of hydrogen-bond donors (Lipinski definition) is 1. The summed E-state index contributed by atoms with van der Waals surface area (Å²) < 4.78 is 17.6. The van der Waals surface area contributed by atoms with Crippen LogP contribution in [0.5, 0.6) is 11.5 Å². The average molecular weight is 575 g/mol. The first-order chi connectivity index (χ1) is 15.9. The molecule has 0 saturated heterocycles. The molecule has 0 atom stereocenters. The van der Waals surface area contributed by atoms with Crippen molar-refractivity contribution >= 4 is 49.8 Å². The standard InChI is InChI=1S/C25H21Br2NO5/c1-31-23-19(26)13-18(22(21(23)27)33-15-16-9-5-3-6-10-16)14-20(25(30)32-2)28-24(29)17-11-7-4-8-12-17/h3-14H,15H2,1-2H3,(H,28,29)/b20-14-. The molecular weight excluding hydrogens is 554 g/mol. The van der Waals surface area contributed by atoms with E-state index < -0.39 is 11.9 Å². The van der Waals surface area contributed by atoms with Crippen molar-refractivity contribution in [2.24, 2.45) is 0 Å². The maximum Gasteiger partial charge on any atom is 0.354 e. The van der Waals surface area contributed by atoms with E-state index >= 15 is 0 Å². The van der Waals surface area contributed by atoms with Gasteiger partial charge in [-0.1, -0.05) is 48.5 Å². The van der Waals surface area contributed by atoms with Gasteiger partial charge in [0.05, 0.1) is 18.7 Å². The monoisotopic (exact) mass is 573 g/mol. The van der Waals surface area contributed by atoms with E-state index in [9.17, 15) is 9.59 Å². The van der Waals surface area contributed by atoms with Crippen LogP contribution in [-0.4, -0.2) is 26.1 Å². The number of carbonyl (C=O) groups excluding carboxylic acids is 2. The molecule has 170 valence electrons. The van der Waals surface area contributed by atoms with Gasteiger partial charge in [0.2, 0.25) is 0 Å². The van der Waals surface area contributed by atoms with Gasteiger partial charge in [-0.3, -0.25) is 4.79 Å². The Hall–Kier alpha value is -3.10. The number of ether oxygens (including phenoxy) is 3. The molecule has 3 aromatic carbocycles. The molecule has 6 nitrogen and oxygen atoms in total. The Morgan fingerprint density at radius 2 is 1.58 bits per heavy atom. The zero-order valence-corrected chi connectivity index (χ0v) is 21.1. The van der Waals surface area contributed by atoms with Crippen LogP contribution >= 0.6 is 31.9 Å². The maximum absolute atomic E-state index is 12.7. The number of amides is 1. The number of benzene rings is 3. The summed E-state index contributed by atoms with van der Waals surface area (Å²) in [4.78, 5) is 25.1. The predicted octanol–water partition coefficient (Wildman–Crippen LogP) is 5.74. The minimum Gasteiger partial charge on any atom is -0.494 e. The zero-order chi connectivity index (χ0) is 23.8. The first kappa shape index (κ1) is 24.5. The lowest BCUT2D eigenvalue weighted by Gasteiger charge is -2.17. The predicted molar refractivity (Wildman–Crippen MR) is 133 cm³/mol. The molecular formula is C25H21Br2NO5. The second-order valence-electron chi connectivity index (χ2n) is 6.77. The summed E-state index contributed by atoms with van der Waals surface area (Å²) in [5.41, 5.74) is 1.86. The molecule has 0 saturated carbocycles. The van der Waals surface area contributed by atoms with E-state index in [0.29, 0.717) is 31.6 Å². The highest BCUT2D eigenvalue weighted by Gasteiger charge is 2.20. The second kappa shape index (κ2) is 11.7. The van der Waals surface area contributed by atoms with Gasteiger partial charge in [0, 0.05) is 11.1 Å². The number of carbonyl (C=O) groups is 2. The third-order valence-corrected chi connectivity index (χ3v) is 5.89. The van der Waals surface area contributed by atoms with E-state index in [-0.39, 0.29) is 12.3 Å². The molecule has 3 rings (SSSR count). The molecule has 0 aliphatic heterocycles. The molecule has 1 N–H and O–H groups in total. The molecule has 3 aromatic rings. The van der Waals surface area contributed by atoms with Crippen LogP contribution in [0.25, 0.3) is 6.08 Å². The third kappa shape index (κ3) is 6.24. The highest BCUT2D eigenvalue weighted by atomic mass is 79.9. The minimum atomic E-state index is -0.698. The highest BCUT2D eigenvalue weighted by Crippen LogP contribution is 2.43. The summed E-state index contributed by atoms with van der Waals surface area (Å²) in [5.74, 6) is -0.167. The largest absolute Gasteiger partial charge is 0.494 e. The molecule has 33 heavy (non-hydrogen) atoms. The van der Waals surface area contributed by atoms with E-state index in [4.69, 9.17) is 14.2 Å². The number of esters is 1. The summed E-state index contributed by atoms with van der Waals surface area (Å²) in [5, 5.41) is 2.63. The highest BCUT2D eigenvalue weighted by molar-refractivity contribution is 9.11. The zero-order valence-electron chi connectivity index (χ0n) is 17.9. The SMILES string of the molecule is COC(=O)/C(=C/c1cc(Br)c(OC)c(Br)c1OCc1ccccc1)NC(=O)c1ccccc1. The minimum absolute atomic E-state index is 0.0418. The van der Waals surface area contributed by atoms with Gasteiger partial charge in [0.1, 0.15) is 22.5 Å². The molecule has 0 bridgehead atoms. The van der Waals surface area contributed by atoms with Crippen LogP contribution in [0.1, 0.15) is 21.5 Å². The van der Waals surface area contributed by atoms with Crippen molar-refractivity contribution in [3.8, 4) is 11.5 Å². The van der Waals surface area contributed by atoms with Gasteiger partial charge < -0.3 is 19.5 Å².